The van der Waals surface area contributed by atoms with Crippen LogP contribution in [0.5, 0.6) is 5.75 Å². The second kappa shape index (κ2) is 6.72. The molecule has 0 amide bonds. The molecule has 2 aromatic heterocycles. The molecule has 1 fully saturated rings. The largest absolute Gasteiger partial charge is 0.492 e. The van der Waals surface area contributed by atoms with Gasteiger partial charge in [-0.2, -0.15) is 0 Å². The van der Waals surface area contributed by atoms with Crippen LogP contribution in [0.25, 0.3) is 0 Å². The second-order valence-corrected chi connectivity index (χ2v) is 5.52. The van der Waals surface area contributed by atoms with Gasteiger partial charge in [-0.1, -0.05) is 11.6 Å². The van der Waals surface area contributed by atoms with Crippen LogP contribution in [-0.4, -0.2) is 34.6 Å². The Balaban J connectivity index is 1.49. The topological polar surface area (TPSA) is 51.1 Å². The third kappa shape index (κ3) is 3.61. The minimum absolute atomic E-state index is 0.548. The summed E-state index contributed by atoms with van der Waals surface area (Å²) < 4.78 is 5.80. The van der Waals surface area contributed by atoms with Gasteiger partial charge in [0.25, 0.3) is 0 Å². The highest BCUT2D eigenvalue weighted by molar-refractivity contribution is 6.31. The SMILES string of the molecule is Clc1cnccc1OCC1CCN(c2ccncn2)CC1. The van der Waals surface area contributed by atoms with E-state index in [0.717, 1.165) is 31.7 Å². The Bertz CT molecular complexity index is 573. The standard InChI is InChI=1S/C15H17ClN4O/c16-13-9-17-5-1-14(13)21-10-12-3-7-20(8-4-12)15-2-6-18-11-19-15/h1-2,5-6,9,11-12H,3-4,7-8,10H2. The Morgan fingerprint density at radius 2 is 2.00 bits per heavy atom. The Labute approximate surface area is 129 Å². The van der Waals surface area contributed by atoms with E-state index in [1.165, 1.54) is 0 Å². The minimum atomic E-state index is 0.548. The zero-order valence-electron chi connectivity index (χ0n) is 11.7. The van der Waals surface area contributed by atoms with Crippen molar-refractivity contribution in [1.82, 2.24) is 15.0 Å². The molecule has 3 heterocycles. The van der Waals surface area contributed by atoms with Gasteiger partial charge in [0, 0.05) is 37.7 Å². The zero-order valence-corrected chi connectivity index (χ0v) is 12.4. The summed E-state index contributed by atoms with van der Waals surface area (Å²) in [6.07, 6.45) is 8.85. The molecule has 2 aromatic rings. The van der Waals surface area contributed by atoms with Crippen LogP contribution < -0.4 is 9.64 Å². The highest BCUT2D eigenvalue weighted by Gasteiger charge is 2.20. The van der Waals surface area contributed by atoms with E-state index in [2.05, 4.69) is 19.9 Å². The van der Waals surface area contributed by atoms with E-state index in [1.54, 1.807) is 31.0 Å². The fraction of sp³-hybridized carbons (Fsp3) is 0.400. The van der Waals surface area contributed by atoms with Gasteiger partial charge in [0.2, 0.25) is 0 Å². The van der Waals surface area contributed by atoms with E-state index in [9.17, 15) is 0 Å². The molecule has 5 nitrogen and oxygen atoms in total. The number of anilines is 1. The number of halogens is 1. The molecule has 0 radical (unpaired) electrons. The normalized spacial score (nSPS) is 16.0. The molecule has 0 unspecified atom stereocenters. The molecule has 21 heavy (non-hydrogen) atoms. The maximum Gasteiger partial charge on any atom is 0.141 e. The van der Waals surface area contributed by atoms with Crippen LogP contribution in [0.2, 0.25) is 5.02 Å². The van der Waals surface area contributed by atoms with E-state index < -0.39 is 0 Å². The predicted molar refractivity (Wildman–Crippen MR) is 81.7 cm³/mol. The lowest BCUT2D eigenvalue weighted by atomic mass is 9.98. The van der Waals surface area contributed by atoms with Crippen molar-refractivity contribution in [3.8, 4) is 5.75 Å². The lowest BCUT2D eigenvalue weighted by molar-refractivity contribution is 0.222. The van der Waals surface area contributed by atoms with Gasteiger partial charge < -0.3 is 9.64 Å². The van der Waals surface area contributed by atoms with Crippen LogP contribution in [0, 0.1) is 5.92 Å². The molecule has 0 saturated carbocycles. The molecular formula is C15H17ClN4O. The van der Waals surface area contributed by atoms with Crippen molar-refractivity contribution in [3.05, 3.63) is 42.1 Å². The molecule has 0 bridgehead atoms. The van der Waals surface area contributed by atoms with Gasteiger partial charge in [-0.25, -0.2) is 9.97 Å². The summed E-state index contributed by atoms with van der Waals surface area (Å²) in [7, 11) is 0. The summed E-state index contributed by atoms with van der Waals surface area (Å²) in [6, 6.07) is 3.76. The molecule has 1 saturated heterocycles. The number of piperidine rings is 1. The predicted octanol–water partition coefficient (Wildman–Crippen LogP) is 2.82. The number of aromatic nitrogens is 3. The second-order valence-electron chi connectivity index (χ2n) is 5.12. The van der Waals surface area contributed by atoms with Crippen molar-refractivity contribution < 1.29 is 4.74 Å². The number of hydrogen-bond donors (Lipinski definition) is 0. The fourth-order valence-electron chi connectivity index (χ4n) is 2.49. The summed E-state index contributed by atoms with van der Waals surface area (Å²) in [4.78, 5) is 14.5. The van der Waals surface area contributed by atoms with Gasteiger partial charge in [-0.05, 0) is 24.8 Å². The Morgan fingerprint density at radius 1 is 1.19 bits per heavy atom. The third-order valence-corrected chi connectivity index (χ3v) is 4.00. The number of hydrogen-bond acceptors (Lipinski definition) is 5. The minimum Gasteiger partial charge on any atom is -0.492 e. The van der Waals surface area contributed by atoms with E-state index in [-0.39, 0.29) is 0 Å². The number of pyridine rings is 1. The molecular weight excluding hydrogens is 288 g/mol. The first-order chi connectivity index (χ1) is 10.3. The fourth-order valence-corrected chi connectivity index (χ4v) is 2.66. The maximum absolute atomic E-state index is 6.04. The first-order valence-electron chi connectivity index (χ1n) is 7.06. The summed E-state index contributed by atoms with van der Waals surface area (Å²) in [6.45, 7) is 2.69. The lowest BCUT2D eigenvalue weighted by Crippen LogP contribution is -2.36. The summed E-state index contributed by atoms with van der Waals surface area (Å²) in [5.41, 5.74) is 0. The zero-order chi connectivity index (χ0) is 14.5. The first kappa shape index (κ1) is 14.1. The van der Waals surface area contributed by atoms with Gasteiger partial charge in [0.05, 0.1) is 6.61 Å². The van der Waals surface area contributed by atoms with Crippen LogP contribution in [0.15, 0.2) is 37.1 Å². The number of rotatable bonds is 4. The molecule has 0 atom stereocenters. The van der Waals surface area contributed by atoms with Gasteiger partial charge in [0.15, 0.2) is 0 Å². The third-order valence-electron chi connectivity index (χ3n) is 3.71. The van der Waals surface area contributed by atoms with Crippen LogP contribution in [0.4, 0.5) is 5.82 Å². The van der Waals surface area contributed by atoms with Crippen LogP contribution in [0.1, 0.15) is 12.8 Å². The number of ether oxygens (including phenoxy) is 1. The first-order valence-corrected chi connectivity index (χ1v) is 7.44. The molecule has 0 N–H and O–H groups in total. The number of nitrogens with zero attached hydrogens (tertiary/aromatic N) is 4. The van der Waals surface area contributed by atoms with Crippen LogP contribution >= 0.6 is 11.6 Å². The molecule has 1 aliphatic heterocycles. The highest BCUT2D eigenvalue weighted by Crippen LogP contribution is 2.25. The van der Waals surface area contributed by atoms with Gasteiger partial charge in [0.1, 0.15) is 22.9 Å². The van der Waals surface area contributed by atoms with E-state index in [1.807, 2.05) is 6.07 Å². The quantitative estimate of drug-likeness (QED) is 0.869. The van der Waals surface area contributed by atoms with Crippen molar-refractivity contribution in [3.63, 3.8) is 0 Å². The highest BCUT2D eigenvalue weighted by atomic mass is 35.5. The van der Waals surface area contributed by atoms with Crippen LogP contribution in [-0.2, 0) is 0 Å². The summed E-state index contributed by atoms with van der Waals surface area (Å²) >= 11 is 6.04. The molecule has 6 heteroatoms. The smallest absolute Gasteiger partial charge is 0.141 e. The van der Waals surface area contributed by atoms with E-state index in [0.29, 0.717) is 23.3 Å². The Hall–Kier alpha value is -1.88. The molecule has 0 aliphatic carbocycles. The van der Waals surface area contributed by atoms with Crippen molar-refractivity contribution in [1.29, 1.82) is 0 Å². The van der Waals surface area contributed by atoms with Crippen molar-refractivity contribution in [2.45, 2.75) is 12.8 Å². The Morgan fingerprint density at radius 3 is 2.71 bits per heavy atom. The van der Waals surface area contributed by atoms with Gasteiger partial charge in [-0.15, -0.1) is 0 Å². The maximum atomic E-state index is 6.04. The molecule has 0 spiro atoms. The summed E-state index contributed by atoms with van der Waals surface area (Å²) in [5, 5.41) is 0.566. The Kier molecular flexibility index (Phi) is 4.50. The molecule has 0 aromatic carbocycles. The molecule has 110 valence electrons. The van der Waals surface area contributed by atoms with Gasteiger partial charge >= 0.3 is 0 Å². The summed E-state index contributed by atoms with van der Waals surface area (Å²) in [5.74, 6) is 2.26. The van der Waals surface area contributed by atoms with Gasteiger partial charge in [-0.3, -0.25) is 4.98 Å². The van der Waals surface area contributed by atoms with Crippen LogP contribution in [0.3, 0.4) is 0 Å². The lowest BCUT2D eigenvalue weighted by Gasteiger charge is -2.32. The monoisotopic (exact) mass is 304 g/mol. The van der Waals surface area contributed by atoms with Crippen molar-refractivity contribution in [2.75, 3.05) is 24.6 Å². The average Bonchev–Trinajstić information content (AvgIpc) is 2.55. The van der Waals surface area contributed by atoms with E-state index in [4.69, 9.17) is 16.3 Å². The average molecular weight is 305 g/mol. The van der Waals surface area contributed by atoms with E-state index >= 15 is 0 Å². The van der Waals surface area contributed by atoms with Crippen molar-refractivity contribution in [2.24, 2.45) is 5.92 Å². The molecule has 3 rings (SSSR count). The van der Waals surface area contributed by atoms with Crippen molar-refractivity contribution >= 4 is 17.4 Å². The molecule has 1 aliphatic rings.